The van der Waals surface area contributed by atoms with Crippen molar-refractivity contribution in [2.75, 3.05) is 11.9 Å². The first-order valence-corrected chi connectivity index (χ1v) is 12.7. The fourth-order valence-corrected chi connectivity index (χ4v) is 5.39. The van der Waals surface area contributed by atoms with Crippen LogP contribution in [0.5, 0.6) is 0 Å². The van der Waals surface area contributed by atoms with E-state index in [2.05, 4.69) is 21.7 Å². The maximum Gasteiger partial charge on any atom is 0.226 e. The normalized spacial score (nSPS) is 16.9. The van der Waals surface area contributed by atoms with Crippen LogP contribution in [-0.2, 0) is 4.79 Å². The van der Waals surface area contributed by atoms with Gasteiger partial charge in [-0.15, -0.1) is 0 Å². The molecule has 4 aromatic rings. The van der Waals surface area contributed by atoms with Gasteiger partial charge < -0.3 is 20.1 Å². The van der Waals surface area contributed by atoms with Gasteiger partial charge in [0.1, 0.15) is 11.6 Å². The summed E-state index contributed by atoms with van der Waals surface area (Å²) in [4.78, 5) is 19.3. The highest BCUT2D eigenvalue weighted by Gasteiger charge is 2.41. The average Bonchev–Trinajstić information content (AvgIpc) is 3.39. The van der Waals surface area contributed by atoms with E-state index in [9.17, 15) is 13.6 Å². The Morgan fingerprint density at radius 1 is 1.03 bits per heavy atom. The number of anilines is 1. The average molecular weight is 532 g/mol. The van der Waals surface area contributed by atoms with Crippen molar-refractivity contribution in [1.82, 2.24) is 19.8 Å². The molecule has 1 aliphatic rings. The molecule has 6 nitrogen and oxygen atoms in total. The molecule has 1 saturated heterocycles. The van der Waals surface area contributed by atoms with Crippen LogP contribution in [0.2, 0.25) is 0 Å². The van der Waals surface area contributed by atoms with Gasteiger partial charge in [0.05, 0.1) is 17.8 Å². The van der Waals surface area contributed by atoms with Gasteiger partial charge in [-0.05, 0) is 92.3 Å². The number of benzene rings is 2. The van der Waals surface area contributed by atoms with Crippen molar-refractivity contribution in [2.24, 2.45) is 0 Å². The molecule has 0 radical (unpaired) electrons. The van der Waals surface area contributed by atoms with E-state index in [-0.39, 0.29) is 36.0 Å². The molecule has 2 aromatic carbocycles. The van der Waals surface area contributed by atoms with E-state index < -0.39 is 0 Å². The van der Waals surface area contributed by atoms with E-state index >= 15 is 0 Å². The summed E-state index contributed by atoms with van der Waals surface area (Å²) in [6.45, 7) is 4.35. The minimum atomic E-state index is -0.365. The van der Waals surface area contributed by atoms with E-state index in [0.717, 1.165) is 28.3 Å². The second-order valence-electron chi connectivity index (χ2n) is 9.27. The lowest BCUT2D eigenvalue weighted by molar-refractivity contribution is -0.116. The molecular formula is C29H27F2N5OS. The molecule has 2 atom stereocenters. The quantitative estimate of drug-likeness (QED) is 0.297. The Labute approximate surface area is 225 Å². The highest BCUT2D eigenvalue weighted by atomic mass is 32.1. The molecule has 0 aliphatic carbocycles. The number of aromatic nitrogens is 2. The molecule has 0 saturated carbocycles. The van der Waals surface area contributed by atoms with Crippen LogP contribution in [-0.4, -0.2) is 32.0 Å². The molecular weight excluding hydrogens is 504 g/mol. The molecule has 194 valence electrons. The van der Waals surface area contributed by atoms with Crippen molar-refractivity contribution >= 4 is 28.9 Å². The number of nitrogens with zero attached hydrogens (tertiary/aromatic N) is 3. The van der Waals surface area contributed by atoms with Gasteiger partial charge >= 0.3 is 0 Å². The topological polar surface area (TPSA) is 62.2 Å². The monoisotopic (exact) mass is 531 g/mol. The van der Waals surface area contributed by atoms with Crippen molar-refractivity contribution in [1.29, 1.82) is 0 Å². The van der Waals surface area contributed by atoms with E-state index in [0.29, 0.717) is 17.3 Å². The van der Waals surface area contributed by atoms with Crippen LogP contribution in [0.4, 0.5) is 14.5 Å². The zero-order valence-corrected chi connectivity index (χ0v) is 21.8. The molecule has 5 rings (SSSR count). The lowest BCUT2D eigenvalue weighted by Gasteiger charge is -2.28. The highest BCUT2D eigenvalue weighted by molar-refractivity contribution is 7.80. The first-order valence-electron chi connectivity index (χ1n) is 12.3. The third-order valence-electron chi connectivity index (χ3n) is 6.76. The first kappa shape index (κ1) is 25.5. The SMILES string of the molecule is Cc1cc([C@@H]2[C@H](c3ccccn3)NC(=S)N2CCC(=O)Nc2ccc(F)cc2)c(C)n1-c1cccc(F)c1. The van der Waals surface area contributed by atoms with Crippen LogP contribution >= 0.6 is 12.2 Å². The standard InChI is InChI=1S/C29H27F2N5OS/c1-18-16-24(19(2)36(18)23-7-5-6-21(31)17-23)28-27(25-8-3-4-14-32-25)34-29(38)35(28)15-13-26(37)33-22-11-9-20(30)10-12-22/h3-12,14,16-17,27-28H,13,15H2,1-2H3,(H,33,37)(H,34,38)/t27-,28+/m0/s1. The molecule has 9 heteroatoms. The summed E-state index contributed by atoms with van der Waals surface area (Å²) in [6, 6.07) is 19.5. The fourth-order valence-electron chi connectivity index (χ4n) is 5.06. The molecule has 1 amide bonds. The lowest BCUT2D eigenvalue weighted by atomic mass is 9.96. The summed E-state index contributed by atoms with van der Waals surface area (Å²) in [5.74, 6) is -0.874. The Morgan fingerprint density at radius 3 is 2.53 bits per heavy atom. The molecule has 0 unspecified atom stereocenters. The Kier molecular flexibility index (Phi) is 7.20. The predicted octanol–water partition coefficient (Wildman–Crippen LogP) is 5.77. The third-order valence-corrected chi connectivity index (χ3v) is 7.11. The number of halogens is 2. The van der Waals surface area contributed by atoms with Crippen molar-refractivity contribution in [3.8, 4) is 5.69 Å². The van der Waals surface area contributed by atoms with Gasteiger partial charge in [0.15, 0.2) is 5.11 Å². The minimum Gasteiger partial charge on any atom is -0.352 e. The van der Waals surface area contributed by atoms with Crippen LogP contribution in [0.1, 0.15) is 41.1 Å². The zero-order valence-electron chi connectivity index (χ0n) is 21.0. The summed E-state index contributed by atoms with van der Waals surface area (Å²) in [5.41, 5.74) is 5.00. The minimum absolute atomic E-state index is 0.174. The van der Waals surface area contributed by atoms with Crippen molar-refractivity contribution in [2.45, 2.75) is 32.4 Å². The number of pyridine rings is 1. The number of aryl methyl sites for hydroxylation is 1. The number of carbonyl (C=O) groups is 1. The van der Waals surface area contributed by atoms with E-state index in [1.165, 1.54) is 36.4 Å². The zero-order chi connectivity index (χ0) is 26.8. The first-order chi connectivity index (χ1) is 18.3. The maximum absolute atomic E-state index is 14.1. The highest BCUT2D eigenvalue weighted by Crippen LogP contribution is 2.41. The number of thiocarbonyl (C=S) groups is 1. The number of hydrogen-bond acceptors (Lipinski definition) is 3. The fraction of sp³-hybridized carbons (Fsp3) is 0.207. The Morgan fingerprint density at radius 2 is 1.82 bits per heavy atom. The predicted molar refractivity (Wildman–Crippen MR) is 147 cm³/mol. The van der Waals surface area contributed by atoms with Gasteiger partial charge in [-0.2, -0.15) is 0 Å². The van der Waals surface area contributed by atoms with Crippen LogP contribution < -0.4 is 10.6 Å². The summed E-state index contributed by atoms with van der Waals surface area (Å²) in [5, 5.41) is 6.74. The summed E-state index contributed by atoms with van der Waals surface area (Å²) >= 11 is 5.74. The molecule has 0 bridgehead atoms. The molecule has 2 aromatic heterocycles. The number of rotatable bonds is 7. The van der Waals surface area contributed by atoms with Gasteiger partial charge in [-0.3, -0.25) is 9.78 Å². The molecule has 1 aliphatic heterocycles. The van der Waals surface area contributed by atoms with Crippen LogP contribution in [0.15, 0.2) is 79.0 Å². The molecule has 1 fully saturated rings. The molecule has 2 N–H and O–H groups in total. The van der Waals surface area contributed by atoms with Crippen LogP contribution in [0.25, 0.3) is 5.69 Å². The Bertz CT molecular complexity index is 1470. The van der Waals surface area contributed by atoms with Crippen molar-refractivity contribution in [3.05, 3.63) is 113 Å². The second-order valence-corrected chi connectivity index (χ2v) is 9.65. The van der Waals surface area contributed by atoms with E-state index in [4.69, 9.17) is 12.2 Å². The number of hydrogen-bond donors (Lipinski definition) is 2. The molecule has 38 heavy (non-hydrogen) atoms. The smallest absolute Gasteiger partial charge is 0.226 e. The Hall–Kier alpha value is -4.11. The van der Waals surface area contributed by atoms with Crippen LogP contribution in [0, 0.1) is 25.5 Å². The number of nitrogens with one attached hydrogen (secondary N) is 2. The number of amides is 1. The summed E-state index contributed by atoms with van der Waals surface area (Å²) < 4.78 is 29.3. The van der Waals surface area contributed by atoms with Gasteiger partial charge in [-0.25, -0.2) is 8.78 Å². The van der Waals surface area contributed by atoms with E-state index in [1.807, 2.05) is 47.6 Å². The van der Waals surface area contributed by atoms with Crippen LogP contribution in [0.3, 0.4) is 0 Å². The van der Waals surface area contributed by atoms with Gasteiger partial charge in [-0.1, -0.05) is 12.1 Å². The second kappa shape index (κ2) is 10.7. The molecule has 0 spiro atoms. The van der Waals surface area contributed by atoms with Gasteiger partial charge in [0, 0.05) is 41.9 Å². The third kappa shape index (κ3) is 5.15. The number of carbonyl (C=O) groups excluding carboxylic acids is 1. The summed E-state index contributed by atoms with van der Waals surface area (Å²) in [7, 11) is 0. The summed E-state index contributed by atoms with van der Waals surface area (Å²) in [6.07, 6.45) is 1.92. The van der Waals surface area contributed by atoms with Gasteiger partial charge in [0.25, 0.3) is 0 Å². The van der Waals surface area contributed by atoms with Crippen molar-refractivity contribution < 1.29 is 13.6 Å². The van der Waals surface area contributed by atoms with E-state index in [1.54, 1.807) is 12.3 Å². The maximum atomic E-state index is 14.1. The molecule has 3 heterocycles. The lowest BCUT2D eigenvalue weighted by Crippen LogP contribution is -2.32. The van der Waals surface area contributed by atoms with Gasteiger partial charge in [0.2, 0.25) is 5.91 Å². The largest absolute Gasteiger partial charge is 0.352 e. The Balaban J connectivity index is 1.46. The van der Waals surface area contributed by atoms with Crippen molar-refractivity contribution in [3.63, 3.8) is 0 Å².